The first-order valence-electron chi connectivity index (χ1n) is 5.00. The van der Waals surface area contributed by atoms with Gasteiger partial charge >= 0.3 is 0 Å². The summed E-state index contributed by atoms with van der Waals surface area (Å²) in [5, 5.41) is 0. The second-order valence-corrected chi connectivity index (χ2v) is 7.98. The third-order valence-electron chi connectivity index (χ3n) is 2.96. The first-order valence-corrected chi connectivity index (χ1v) is 6.85. The van der Waals surface area contributed by atoms with Gasteiger partial charge in [-0.2, -0.15) is 0 Å². The Bertz CT molecular complexity index is 133. The van der Waals surface area contributed by atoms with Crippen LogP contribution in [0.3, 0.4) is 0 Å². The molecule has 11 heavy (non-hydrogen) atoms. The van der Waals surface area contributed by atoms with E-state index in [-0.39, 0.29) is 38.3 Å². The van der Waals surface area contributed by atoms with Crippen LogP contribution in [0.2, 0.25) is 0 Å². The van der Waals surface area contributed by atoms with Gasteiger partial charge in [0.25, 0.3) is 0 Å². The molecule has 0 nitrogen and oxygen atoms in total. The Morgan fingerprint density at radius 1 is 1.18 bits per heavy atom. The van der Waals surface area contributed by atoms with Crippen LogP contribution in [-0.4, -0.2) is 24.1 Å². The molecule has 0 bridgehead atoms. The van der Waals surface area contributed by atoms with Gasteiger partial charge in [-0.3, -0.25) is 0 Å². The third-order valence-corrected chi connectivity index (χ3v) is 8.38. The monoisotopic (exact) mass is 249 g/mol. The van der Waals surface area contributed by atoms with E-state index >= 15 is 0 Å². The largest absolute Gasteiger partial charge is 0.0745 e. The predicted octanol–water partition coefficient (Wildman–Crippen LogP) is 3.22. The van der Waals surface area contributed by atoms with Crippen molar-refractivity contribution in [3.05, 3.63) is 0 Å². The fraction of sp³-hybridized carbons (Fsp3) is 1.00. The fourth-order valence-electron chi connectivity index (χ4n) is 1.87. The van der Waals surface area contributed by atoms with Crippen LogP contribution in [-0.2, 0) is 32.7 Å². The van der Waals surface area contributed by atoms with Crippen molar-refractivity contribution in [2.24, 2.45) is 0 Å². The van der Waals surface area contributed by atoms with Crippen molar-refractivity contribution in [3.63, 3.8) is 0 Å². The van der Waals surface area contributed by atoms with Crippen molar-refractivity contribution >= 4 is 7.26 Å². The van der Waals surface area contributed by atoms with E-state index in [1.54, 1.807) is 0 Å². The van der Waals surface area contributed by atoms with E-state index in [1.807, 2.05) is 0 Å². The van der Waals surface area contributed by atoms with Gasteiger partial charge in [-0.25, -0.2) is 0 Å². The maximum atomic E-state index is 8.20. The van der Waals surface area contributed by atoms with Gasteiger partial charge in [-0.05, 0) is 33.6 Å². The van der Waals surface area contributed by atoms with Crippen molar-refractivity contribution in [2.45, 2.75) is 39.2 Å². The summed E-state index contributed by atoms with van der Waals surface area (Å²) in [6.07, 6.45) is 6.27. The van der Waals surface area contributed by atoms with Gasteiger partial charge in [-0.1, -0.05) is 0 Å². The molecule has 0 aliphatic heterocycles. The summed E-state index contributed by atoms with van der Waals surface area (Å²) in [7, 11) is -0.845. The van der Waals surface area contributed by atoms with Crippen LogP contribution in [0.15, 0.2) is 0 Å². The first-order chi connectivity index (χ1) is 5.14. The summed E-state index contributed by atoms with van der Waals surface area (Å²) >= 11 is 0. The zero-order valence-electron chi connectivity index (χ0n) is 9.06. The van der Waals surface area contributed by atoms with E-state index in [2.05, 4.69) is 20.8 Å². The molecule has 1 aliphatic carbocycles. The molecule has 0 aromatic rings. The normalized spacial score (nSPS) is 21.9. The van der Waals surface area contributed by atoms with Gasteiger partial charge in [0, 0.05) is 40.0 Å². The minimum atomic E-state index is -0.845. The minimum absolute atomic E-state index is 0. The number of rotatable bonds is 4. The van der Waals surface area contributed by atoms with Crippen molar-refractivity contribution in [2.75, 3.05) is 18.5 Å². The molecule has 1 aliphatic rings. The molecule has 1 rings (SSSR count). The van der Waals surface area contributed by atoms with E-state index in [0.29, 0.717) is 0 Å². The molecule has 2 heteroatoms. The second kappa shape index (κ2) is 5.30. The Hall–Kier alpha value is 1.53. The number of hydrogen-bond acceptors (Lipinski definition) is 0. The third kappa shape index (κ3) is 2.75. The van der Waals surface area contributed by atoms with E-state index < -0.39 is 7.26 Å². The quantitative estimate of drug-likeness (QED) is 0.671. The zero-order valence-corrected chi connectivity index (χ0v) is 11.8. The summed E-state index contributed by atoms with van der Waals surface area (Å²) in [6.45, 7) is 6.86. The Kier molecular flexibility index (Phi) is 5.12. The average molecular weight is 249 g/mol. The molecule has 0 atom stereocenters. The predicted molar refractivity (Wildman–Crippen MR) is 51.6 cm³/mol. The van der Waals surface area contributed by atoms with Gasteiger partial charge in [0.05, 0.1) is 25.5 Å². The van der Waals surface area contributed by atoms with Gasteiger partial charge in [0.1, 0.15) is 0 Å². The molecule has 0 amide bonds. The maximum Gasteiger partial charge on any atom is 0.0745 e. The molecule has 0 heterocycles. The summed E-state index contributed by atoms with van der Waals surface area (Å²) in [6, 6.07) is 0. The zero-order chi connectivity index (χ0) is 8.54. The van der Waals surface area contributed by atoms with E-state index in [4.69, 9.17) is 1.37 Å². The molecular formula is C9H20PY+. The van der Waals surface area contributed by atoms with Gasteiger partial charge in [0.15, 0.2) is 0 Å². The molecule has 0 N–H and O–H groups in total. The van der Waals surface area contributed by atoms with Crippen molar-refractivity contribution in [3.8, 4) is 0 Å². The maximum absolute atomic E-state index is 8.20. The van der Waals surface area contributed by atoms with Crippen LogP contribution in [0, 0.1) is 0 Å². The van der Waals surface area contributed by atoms with Crippen LogP contribution < -0.4 is 0 Å². The number of hydrogen-bond donors (Lipinski definition) is 0. The Balaban J connectivity index is 0.00000121. The van der Waals surface area contributed by atoms with E-state index in [9.17, 15) is 0 Å². The molecule has 63 valence electrons. The van der Waals surface area contributed by atoms with Crippen molar-refractivity contribution < 1.29 is 34.1 Å². The van der Waals surface area contributed by atoms with Gasteiger partial charge < -0.3 is 0 Å². The molecule has 1 saturated carbocycles. The Labute approximate surface area is 98.5 Å². The molecule has 1 fully saturated rings. The Morgan fingerprint density at radius 3 is 1.64 bits per heavy atom. The molecule has 0 aromatic heterocycles. The fourth-order valence-corrected chi connectivity index (χ4v) is 5.62. The topological polar surface area (TPSA) is 0 Å². The van der Waals surface area contributed by atoms with Crippen molar-refractivity contribution in [1.82, 2.24) is 0 Å². The summed E-state index contributed by atoms with van der Waals surface area (Å²) in [5.74, 6) is 0. The van der Waals surface area contributed by atoms with Gasteiger partial charge in [-0.15, -0.1) is 0 Å². The Morgan fingerprint density at radius 2 is 1.55 bits per heavy atom. The molecule has 0 aromatic carbocycles. The molecular weight excluding hydrogens is 228 g/mol. The smallest absolute Gasteiger partial charge is 0.0311 e. The van der Waals surface area contributed by atoms with Crippen LogP contribution in [0.25, 0.3) is 0 Å². The first kappa shape index (κ1) is 10.6. The minimum Gasteiger partial charge on any atom is -0.0311 e. The van der Waals surface area contributed by atoms with Crippen LogP contribution in [0.5, 0.6) is 0 Å². The van der Waals surface area contributed by atoms with Crippen LogP contribution in [0.1, 0.15) is 35.0 Å². The molecule has 1 radical (unpaired) electrons. The average Bonchev–Trinajstić information content (AvgIpc) is 2.74. The van der Waals surface area contributed by atoms with E-state index in [1.165, 1.54) is 31.3 Å². The van der Waals surface area contributed by atoms with Crippen LogP contribution in [0.4, 0.5) is 0 Å². The summed E-state index contributed by atoms with van der Waals surface area (Å²) in [5.41, 5.74) is 0.0747. The standard InChI is InChI=1S/C9H20P.Y/c1-4-10(5-2,6-3)9-7-8-9;/h9H,4-8H2,1-3H3;/q+1;/i9D;. The van der Waals surface area contributed by atoms with E-state index in [0.717, 1.165) is 0 Å². The molecule has 0 unspecified atom stereocenters. The molecule has 0 spiro atoms. The second-order valence-electron chi connectivity index (χ2n) is 3.16. The summed E-state index contributed by atoms with van der Waals surface area (Å²) in [4.78, 5) is 0. The van der Waals surface area contributed by atoms with Crippen molar-refractivity contribution in [1.29, 1.82) is 0 Å². The molecule has 0 saturated heterocycles. The van der Waals surface area contributed by atoms with Crippen LogP contribution >= 0.6 is 7.26 Å². The SMILES string of the molecule is [2H]C1([P+](CC)(CC)CC)CC1.[Y]. The summed E-state index contributed by atoms with van der Waals surface area (Å²) < 4.78 is 8.20. The van der Waals surface area contributed by atoms with Gasteiger partial charge in [0.2, 0.25) is 0 Å².